The molecule has 0 atom stereocenters. The molecular formula is C11H14N4O2S. The molecule has 0 aliphatic rings. The van der Waals surface area contributed by atoms with Gasteiger partial charge in [-0.05, 0) is 11.1 Å². The van der Waals surface area contributed by atoms with Crippen LogP contribution in [0.15, 0.2) is 41.6 Å². The Morgan fingerprint density at radius 2 is 1.89 bits per heavy atom. The minimum Gasteiger partial charge on any atom is -0.326 e. The summed E-state index contributed by atoms with van der Waals surface area (Å²) in [4.78, 5) is 0.126. The SMILES string of the molecule is NCc1ccc(CNS(=O)(=O)c2cn[nH]c2)cc1. The van der Waals surface area contributed by atoms with E-state index in [2.05, 4.69) is 14.9 Å². The van der Waals surface area contributed by atoms with E-state index < -0.39 is 10.0 Å². The molecule has 6 nitrogen and oxygen atoms in total. The van der Waals surface area contributed by atoms with Gasteiger partial charge in [-0.2, -0.15) is 5.10 Å². The van der Waals surface area contributed by atoms with Gasteiger partial charge in [0, 0.05) is 19.3 Å². The van der Waals surface area contributed by atoms with E-state index in [9.17, 15) is 8.42 Å². The van der Waals surface area contributed by atoms with Crippen molar-refractivity contribution in [2.45, 2.75) is 18.0 Å². The molecule has 0 aliphatic heterocycles. The highest BCUT2D eigenvalue weighted by atomic mass is 32.2. The number of nitrogens with zero attached hydrogens (tertiary/aromatic N) is 1. The van der Waals surface area contributed by atoms with Crippen LogP contribution in [-0.2, 0) is 23.1 Å². The van der Waals surface area contributed by atoms with E-state index in [4.69, 9.17) is 5.73 Å². The molecule has 0 bridgehead atoms. The van der Waals surface area contributed by atoms with E-state index >= 15 is 0 Å². The van der Waals surface area contributed by atoms with Gasteiger partial charge in [0.2, 0.25) is 10.0 Å². The predicted molar refractivity (Wildman–Crippen MR) is 66.9 cm³/mol. The fraction of sp³-hybridized carbons (Fsp3) is 0.182. The van der Waals surface area contributed by atoms with E-state index in [1.807, 2.05) is 24.3 Å². The number of aromatic amines is 1. The van der Waals surface area contributed by atoms with Crippen LogP contribution in [0.5, 0.6) is 0 Å². The van der Waals surface area contributed by atoms with E-state index in [0.717, 1.165) is 11.1 Å². The van der Waals surface area contributed by atoms with E-state index in [1.165, 1.54) is 12.4 Å². The third-order valence-electron chi connectivity index (χ3n) is 2.51. The summed E-state index contributed by atoms with van der Waals surface area (Å²) in [5, 5.41) is 6.07. The van der Waals surface area contributed by atoms with Gasteiger partial charge in [0.15, 0.2) is 0 Å². The third kappa shape index (κ3) is 2.95. The van der Waals surface area contributed by atoms with Crippen LogP contribution in [0.25, 0.3) is 0 Å². The minimum absolute atomic E-state index is 0.126. The number of hydrogen-bond acceptors (Lipinski definition) is 4. The minimum atomic E-state index is -3.50. The maximum Gasteiger partial charge on any atom is 0.243 e. The van der Waals surface area contributed by atoms with Crippen LogP contribution in [0.2, 0.25) is 0 Å². The lowest BCUT2D eigenvalue weighted by atomic mass is 10.1. The summed E-state index contributed by atoms with van der Waals surface area (Å²) in [6.45, 7) is 0.708. The van der Waals surface area contributed by atoms with E-state index in [0.29, 0.717) is 6.54 Å². The van der Waals surface area contributed by atoms with Crippen LogP contribution in [-0.4, -0.2) is 18.6 Å². The van der Waals surface area contributed by atoms with Crippen molar-refractivity contribution in [1.82, 2.24) is 14.9 Å². The number of sulfonamides is 1. The zero-order chi connectivity index (χ0) is 13.0. The van der Waals surface area contributed by atoms with Gasteiger partial charge in [-0.1, -0.05) is 24.3 Å². The van der Waals surface area contributed by atoms with Crippen molar-refractivity contribution < 1.29 is 8.42 Å². The Bertz CT molecular complexity index is 590. The monoisotopic (exact) mass is 266 g/mol. The van der Waals surface area contributed by atoms with E-state index in [1.54, 1.807) is 0 Å². The van der Waals surface area contributed by atoms with Crippen molar-refractivity contribution >= 4 is 10.0 Å². The zero-order valence-corrected chi connectivity index (χ0v) is 10.4. The van der Waals surface area contributed by atoms with Gasteiger partial charge >= 0.3 is 0 Å². The first-order valence-electron chi connectivity index (χ1n) is 5.38. The van der Waals surface area contributed by atoms with Crippen molar-refractivity contribution in [2.75, 3.05) is 0 Å². The van der Waals surface area contributed by atoms with Crippen LogP contribution < -0.4 is 10.5 Å². The second-order valence-corrected chi connectivity index (χ2v) is 5.55. The lowest BCUT2D eigenvalue weighted by molar-refractivity contribution is 0.581. The Morgan fingerprint density at radius 3 is 2.44 bits per heavy atom. The van der Waals surface area contributed by atoms with Gasteiger partial charge in [0.05, 0.1) is 6.20 Å². The van der Waals surface area contributed by atoms with Crippen LogP contribution in [0.3, 0.4) is 0 Å². The van der Waals surface area contributed by atoms with Crippen molar-refractivity contribution in [3.8, 4) is 0 Å². The van der Waals surface area contributed by atoms with Crippen molar-refractivity contribution in [1.29, 1.82) is 0 Å². The Morgan fingerprint density at radius 1 is 1.22 bits per heavy atom. The third-order valence-corrected chi connectivity index (χ3v) is 3.88. The number of rotatable bonds is 5. The van der Waals surface area contributed by atoms with Crippen LogP contribution in [0, 0.1) is 0 Å². The van der Waals surface area contributed by atoms with Crippen LogP contribution >= 0.6 is 0 Å². The number of H-pyrrole nitrogens is 1. The van der Waals surface area contributed by atoms with Crippen molar-refractivity contribution in [3.63, 3.8) is 0 Å². The van der Waals surface area contributed by atoms with E-state index in [-0.39, 0.29) is 11.4 Å². The average molecular weight is 266 g/mol. The maximum atomic E-state index is 11.8. The lowest BCUT2D eigenvalue weighted by Gasteiger charge is -2.05. The Hall–Kier alpha value is -1.70. The summed E-state index contributed by atoms with van der Waals surface area (Å²) >= 11 is 0. The summed E-state index contributed by atoms with van der Waals surface area (Å²) in [5.74, 6) is 0. The average Bonchev–Trinajstić information content (AvgIpc) is 2.92. The molecule has 18 heavy (non-hydrogen) atoms. The van der Waals surface area contributed by atoms with Gasteiger partial charge in [0.1, 0.15) is 4.90 Å². The summed E-state index contributed by atoms with van der Waals surface area (Å²) < 4.78 is 26.1. The molecule has 1 heterocycles. The number of benzene rings is 1. The molecule has 0 saturated carbocycles. The summed E-state index contributed by atoms with van der Waals surface area (Å²) in [6, 6.07) is 7.45. The van der Waals surface area contributed by atoms with Gasteiger partial charge < -0.3 is 5.73 Å². The molecule has 7 heteroatoms. The Kier molecular flexibility index (Phi) is 3.75. The molecule has 4 N–H and O–H groups in total. The largest absolute Gasteiger partial charge is 0.326 e. The standard InChI is InChI=1S/C11H14N4O2S/c12-5-9-1-3-10(4-2-9)6-15-18(16,17)11-7-13-14-8-11/h1-4,7-8,15H,5-6,12H2,(H,13,14). The fourth-order valence-electron chi connectivity index (χ4n) is 1.44. The molecule has 2 aromatic rings. The highest BCUT2D eigenvalue weighted by Crippen LogP contribution is 2.07. The molecule has 96 valence electrons. The Balaban J connectivity index is 2.03. The smallest absolute Gasteiger partial charge is 0.243 e. The van der Waals surface area contributed by atoms with Crippen molar-refractivity contribution in [2.24, 2.45) is 5.73 Å². The van der Waals surface area contributed by atoms with Gasteiger partial charge in [-0.3, -0.25) is 5.10 Å². The number of nitrogens with one attached hydrogen (secondary N) is 2. The summed E-state index contributed by atoms with van der Waals surface area (Å²) in [7, 11) is -3.50. The molecule has 2 rings (SSSR count). The highest BCUT2D eigenvalue weighted by Gasteiger charge is 2.14. The molecule has 0 unspecified atom stereocenters. The van der Waals surface area contributed by atoms with Gasteiger partial charge in [-0.25, -0.2) is 13.1 Å². The number of hydrogen-bond donors (Lipinski definition) is 3. The maximum absolute atomic E-state index is 11.8. The number of nitrogens with two attached hydrogens (primary N) is 1. The van der Waals surface area contributed by atoms with Gasteiger partial charge in [-0.15, -0.1) is 0 Å². The highest BCUT2D eigenvalue weighted by molar-refractivity contribution is 7.89. The first-order valence-corrected chi connectivity index (χ1v) is 6.86. The first-order chi connectivity index (χ1) is 8.62. The molecule has 0 amide bonds. The molecule has 0 saturated heterocycles. The van der Waals surface area contributed by atoms with Crippen LogP contribution in [0.1, 0.15) is 11.1 Å². The topological polar surface area (TPSA) is 101 Å². The number of aromatic nitrogens is 2. The molecule has 1 aromatic carbocycles. The quantitative estimate of drug-likeness (QED) is 0.726. The first kappa shape index (κ1) is 12.7. The normalized spacial score (nSPS) is 11.6. The summed E-state index contributed by atoms with van der Waals surface area (Å²) in [5.41, 5.74) is 7.37. The second kappa shape index (κ2) is 5.30. The lowest BCUT2D eigenvalue weighted by Crippen LogP contribution is -2.22. The zero-order valence-electron chi connectivity index (χ0n) is 9.63. The molecule has 0 spiro atoms. The predicted octanol–water partition coefficient (Wildman–Crippen LogP) is 0.347. The van der Waals surface area contributed by atoms with Crippen LogP contribution in [0.4, 0.5) is 0 Å². The second-order valence-electron chi connectivity index (χ2n) is 3.78. The molecule has 0 aliphatic carbocycles. The molecule has 1 aromatic heterocycles. The summed E-state index contributed by atoms with van der Waals surface area (Å²) in [6.07, 6.45) is 2.60. The van der Waals surface area contributed by atoms with Gasteiger partial charge in [0.25, 0.3) is 0 Å². The molecular weight excluding hydrogens is 252 g/mol. The Labute approximate surface area is 105 Å². The van der Waals surface area contributed by atoms with Crippen molar-refractivity contribution in [3.05, 3.63) is 47.8 Å². The molecule has 0 radical (unpaired) electrons. The molecule has 0 fully saturated rings. The fourth-order valence-corrected chi connectivity index (χ4v) is 2.36.